The zero-order valence-corrected chi connectivity index (χ0v) is 15.9. The molecular weight excluding hydrogens is 336 g/mol. The van der Waals surface area contributed by atoms with E-state index in [-0.39, 0.29) is 30.7 Å². The van der Waals surface area contributed by atoms with Crippen molar-refractivity contribution in [1.82, 2.24) is 20.0 Å². The summed E-state index contributed by atoms with van der Waals surface area (Å²) < 4.78 is 5.42. The number of carboxylic acids is 1. The SMILES string of the molecule is CCN(CC(=O)O)C1CC(NC(=O)N2CC(N3CCOCC3)CC2C)C1. The van der Waals surface area contributed by atoms with Crippen molar-refractivity contribution >= 4 is 12.0 Å². The Morgan fingerprint density at radius 1 is 1.23 bits per heavy atom. The van der Waals surface area contributed by atoms with Gasteiger partial charge in [-0.1, -0.05) is 6.92 Å². The van der Waals surface area contributed by atoms with E-state index < -0.39 is 5.97 Å². The topological polar surface area (TPSA) is 85.4 Å². The van der Waals surface area contributed by atoms with Gasteiger partial charge in [-0.05, 0) is 32.7 Å². The third kappa shape index (κ3) is 4.47. The highest BCUT2D eigenvalue weighted by Crippen LogP contribution is 2.27. The molecule has 8 nitrogen and oxygen atoms in total. The molecular formula is C18H32N4O4. The Kier molecular flexibility index (Phi) is 6.37. The zero-order valence-electron chi connectivity index (χ0n) is 15.9. The van der Waals surface area contributed by atoms with Crippen LogP contribution in [0.5, 0.6) is 0 Å². The van der Waals surface area contributed by atoms with Gasteiger partial charge in [-0.3, -0.25) is 14.6 Å². The minimum atomic E-state index is -0.792. The molecule has 3 rings (SSSR count). The lowest BCUT2D eigenvalue weighted by Crippen LogP contribution is -2.57. The van der Waals surface area contributed by atoms with Crippen LogP contribution in [0.4, 0.5) is 4.79 Å². The number of aliphatic carboxylic acids is 1. The van der Waals surface area contributed by atoms with E-state index in [1.54, 1.807) is 0 Å². The molecule has 2 aliphatic heterocycles. The Hall–Kier alpha value is -1.38. The van der Waals surface area contributed by atoms with Gasteiger partial charge in [-0.15, -0.1) is 0 Å². The first-order valence-electron chi connectivity index (χ1n) is 9.82. The number of hydrogen-bond donors (Lipinski definition) is 2. The smallest absolute Gasteiger partial charge is 0.317 e. The van der Waals surface area contributed by atoms with Crippen LogP contribution >= 0.6 is 0 Å². The Labute approximate surface area is 155 Å². The van der Waals surface area contributed by atoms with Crippen molar-refractivity contribution in [2.24, 2.45) is 0 Å². The van der Waals surface area contributed by atoms with Gasteiger partial charge in [0.05, 0.1) is 19.8 Å². The molecule has 2 amide bonds. The number of morpholine rings is 1. The van der Waals surface area contributed by atoms with Gasteiger partial charge < -0.3 is 20.1 Å². The second-order valence-electron chi connectivity index (χ2n) is 7.77. The van der Waals surface area contributed by atoms with Crippen LogP contribution in [0.2, 0.25) is 0 Å². The normalized spacial score (nSPS) is 32.5. The number of hydrogen-bond acceptors (Lipinski definition) is 5. The average molecular weight is 368 g/mol. The third-order valence-electron chi connectivity index (χ3n) is 6.08. The monoisotopic (exact) mass is 368 g/mol. The Bertz CT molecular complexity index is 505. The lowest BCUT2D eigenvalue weighted by molar-refractivity contribution is -0.139. The Morgan fingerprint density at radius 3 is 2.54 bits per heavy atom. The molecule has 0 bridgehead atoms. The maximum atomic E-state index is 12.7. The summed E-state index contributed by atoms with van der Waals surface area (Å²) in [5, 5.41) is 12.1. The molecule has 1 saturated carbocycles. The van der Waals surface area contributed by atoms with Crippen LogP contribution in [-0.4, -0.2) is 102 Å². The largest absolute Gasteiger partial charge is 0.480 e. The van der Waals surface area contributed by atoms with Crippen LogP contribution in [-0.2, 0) is 9.53 Å². The molecule has 2 N–H and O–H groups in total. The first-order valence-corrected chi connectivity index (χ1v) is 9.82. The highest BCUT2D eigenvalue weighted by molar-refractivity contribution is 5.75. The van der Waals surface area contributed by atoms with Crippen LogP contribution in [0.1, 0.15) is 33.1 Å². The molecule has 2 unspecified atom stereocenters. The Morgan fingerprint density at radius 2 is 1.92 bits per heavy atom. The fourth-order valence-electron chi connectivity index (χ4n) is 4.43. The van der Waals surface area contributed by atoms with Crippen molar-refractivity contribution in [1.29, 1.82) is 0 Å². The predicted molar refractivity (Wildman–Crippen MR) is 97.2 cm³/mol. The minimum Gasteiger partial charge on any atom is -0.480 e. The molecule has 0 spiro atoms. The number of carboxylic acid groups (broad SMARTS) is 1. The number of carbonyl (C=O) groups is 2. The van der Waals surface area contributed by atoms with Gasteiger partial charge in [-0.2, -0.15) is 0 Å². The standard InChI is InChI=1S/C18H32N4O4/c1-3-20(12-17(23)24)15-9-14(10-15)19-18(25)22-11-16(8-13(22)2)21-4-6-26-7-5-21/h13-16H,3-12H2,1-2H3,(H,19,25)(H,23,24). The quantitative estimate of drug-likeness (QED) is 0.707. The van der Waals surface area contributed by atoms with E-state index in [4.69, 9.17) is 9.84 Å². The van der Waals surface area contributed by atoms with Crippen molar-refractivity contribution in [3.63, 3.8) is 0 Å². The zero-order chi connectivity index (χ0) is 18.7. The highest BCUT2D eigenvalue weighted by Gasteiger charge is 2.39. The van der Waals surface area contributed by atoms with Crippen molar-refractivity contribution in [3.8, 4) is 0 Å². The molecule has 0 aromatic heterocycles. The van der Waals surface area contributed by atoms with Crippen molar-refractivity contribution in [3.05, 3.63) is 0 Å². The van der Waals surface area contributed by atoms with Crippen LogP contribution in [0, 0.1) is 0 Å². The summed E-state index contributed by atoms with van der Waals surface area (Å²) in [6, 6.07) is 1.12. The predicted octanol–water partition coefficient (Wildman–Crippen LogP) is 0.429. The van der Waals surface area contributed by atoms with Crippen molar-refractivity contribution in [2.45, 2.75) is 57.3 Å². The molecule has 2 atom stereocenters. The number of ether oxygens (including phenoxy) is 1. The number of nitrogens with one attached hydrogen (secondary N) is 1. The lowest BCUT2D eigenvalue weighted by atomic mass is 9.85. The number of carbonyl (C=O) groups excluding carboxylic acids is 1. The molecule has 2 saturated heterocycles. The number of nitrogens with zero attached hydrogens (tertiary/aromatic N) is 3. The molecule has 2 heterocycles. The molecule has 0 aromatic rings. The van der Waals surface area contributed by atoms with E-state index >= 15 is 0 Å². The maximum Gasteiger partial charge on any atom is 0.317 e. The van der Waals surface area contributed by atoms with Crippen LogP contribution in [0.15, 0.2) is 0 Å². The number of urea groups is 1. The highest BCUT2D eigenvalue weighted by atomic mass is 16.5. The van der Waals surface area contributed by atoms with Gasteiger partial charge in [0, 0.05) is 43.8 Å². The first kappa shape index (κ1) is 19.4. The van der Waals surface area contributed by atoms with Gasteiger partial charge in [0.25, 0.3) is 0 Å². The lowest BCUT2D eigenvalue weighted by Gasteiger charge is -2.42. The summed E-state index contributed by atoms with van der Waals surface area (Å²) in [5.74, 6) is -0.792. The molecule has 3 fully saturated rings. The fraction of sp³-hybridized carbons (Fsp3) is 0.889. The van der Waals surface area contributed by atoms with E-state index in [1.807, 2.05) is 16.7 Å². The molecule has 3 aliphatic rings. The summed E-state index contributed by atoms with van der Waals surface area (Å²) in [5.41, 5.74) is 0. The number of likely N-dealkylation sites (N-methyl/N-ethyl adjacent to an activating group) is 1. The first-order chi connectivity index (χ1) is 12.5. The van der Waals surface area contributed by atoms with Gasteiger partial charge in [0.2, 0.25) is 0 Å². The van der Waals surface area contributed by atoms with E-state index in [2.05, 4.69) is 17.1 Å². The van der Waals surface area contributed by atoms with E-state index in [9.17, 15) is 9.59 Å². The molecule has 26 heavy (non-hydrogen) atoms. The molecule has 0 aromatic carbocycles. The minimum absolute atomic E-state index is 0.0259. The molecule has 8 heteroatoms. The second kappa shape index (κ2) is 8.54. The number of rotatable bonds is 6. The van der Waals surface area contributed by atoms with E-state index in [1.165, 1.54) is 0 Å². The maximum absolute atomic E-state index is 12.7. The fourth-order valence-corrected chi connectivity index (χ4v) is 4.43. The van der Waals surface area contributed by atoms with Gasteiger partial charge >= 0.3 is 12.0 Å². The summed E-state index contributed by atoms with van der Waals surface area (Å²) >= 11 is 0. The van der Waals surface area contributed by atoms with Crippen molar-refractivity contribution in [2.75, 3.05) is 45.9 Å². The number of amides is 2. The van der Waals surface area contributed by atoms with E-state index in [0.29, 0.717) is 6.04 Å². The average Bonchev–Trinajstić information content (AvgIpc) is 2.98. The summed E-state index contributed by atoms with van der Waals surface area (Å²) in [4.78, 5) is 30.0. The van der Waals surface area contributed by atoms with Crippen LogP contribution in [0.3, 0.4) is 0 Å². The van der Waals surface area contributed by atoms with Crippen LogP contribution < -0.4 is 5.32 Å². The van der Waals surface area contributed by atoms with Gasteiger partial charge in [0.15, 0.2) is 0 Å². The summed E-state index contributed by atoms with van der Waals surface area (Å²) in [6.07, 6.45) is 2.69. The summed E-state index contributed by atoms with van der Waals surface area (Å²) in [6.45, 7) is 9.15. The van der Waals surface area contributed by atoms with Crippen LogP contribution in [0.25, 0.3) is 0 Å². The summed E-state index contributed by atoms with van der Waals surface area (Å²) in [7, 11) is 0. The second-order valence-corrected chi connectivity index (χ2v) is 7.77. The number of likely N-dealkylation sites (tertiary alicyclic amines) is 1. The third-order valence-corrected chi connectivity index (χ3v) is 6.08. The van der Waals surface area contributed by atoms with Gasteiger partial charge in [0.1, 0.15) is 0 Å². The molecule has 1 aliphatic carbocycles. The van der Waals surface area contributed by atoms with Gasteiger partial charge in [-0.25, -0.2) is 4.79 Å². The Balaban J connectivity index is 1.43. The van der Waals surface area contributed by atoms with E-state index in [0.717, 1.165) is 58.7 Å². The van der Waals surface area contributed by atoms with Crippen molar-refractivity contribution < 1.29 is 19.4 Å². The molecule has 148 valence electrons. The molecule has 0 radical (unpaired) electrons.